The van der Waals surface area contributed by atoms with Gasteiger partial charge in [-0.05, 0) is 14.1 Å². The SMILES string of the molecule is CNC(NC)C(C)(C)C=C[SiH3]. The van der Waals surface area contributed by atoms with Crippen LogP contribution in [0, 0.1) is 5.41 Å². The van der Waals surface area contributed by atoms with Gasteiger partial charge in [-0.1, -0.05) is 19.9 Å². The molecule has 0 spiro atoms. The number of nitrogens with one attached hydrogen (secondary N) is 2. The minimum atomic E-state index is 0.200. The molecule has 0 fully saturated rings. The summed E-state index contributed by atoms with van der Waals surface area (Å²) in [5.74, 6) is 0. The summed E-state index contributed by atoms with van der Waals surface area (Å²) in [7, 11) is 5.09. The van der Waals surface area contributed by atoms with Crippen molar-refractivity contribution in [3.63, 3.8) is 0 Å². The first kappa shape index (κ1) is 10.9. The topological polar surface area (TPSA) is 24.1 Å². The Bertz CT molecular complexity index is 128. The summed E-state index contributed by atoms with van der Waals surface area (Å²) in [6, 6.07) is 0. The van der Waals surface area contributed by atoms with E-state index in [4.69, 9.17) is 0 Å². The average Bonchev–Trinajstić information content (AvgIpc) is 1.89. The molecule has 0 unspecified atom stereocenters. The minimum Gasteiger partial charge on any atom is -0.304 e. The molecule has 0 atom stereocenters. The third-order valence-electron chi connectivity index (χ3n) is 1.92. The molecular formula is C8H20N2Si. The van der Waals surface area contributed by atoms with E-state index in [9.17, 15) is 0 Å². The molecule has 0 rings (SSSR count). The van der Waals surface area contributed by atoms with E-state index in [1.165, 1.54) is 0 Å². The lowest BCUT2D eigenvalue weighted by Gasteiger charge is -2.31. The van der Waals surface area contributed by atoms with E-state index in [2.05, 4.69) is 36.3 Å². The van der Waals surface area contributed by atoms with E-state index < -0.39 is 0 Å². The molecule has 0 aromatic heterocycles. The molecule has 2 N–H and O–H groups in total. The quantitative estimate of drug-likeness (QED) is 0.448. The first-order valence-electron chi connectivity index (χ1n) is 4.07. The van der Waals surface area contributed by atoms with Crippen LogP contribution in [0.1, 0.15) is 13.8 Å². The summed E-state index contributed by atoms with van der Waals surface area (Å²) < 4.78 is 0. The zero-order valence-electron chi connectivity index (χ0n) is 8.23. The highest BCUT2D eigenvalue weighted by Gasteiger charge is 2.22. The van der Waals surface area contributed by atoms with Gasteiger partial charge < -0.3 is 10.6 Å². The number of hydrogen-bond acceptors (Lipinski definition) is 2. The molecule has 0 aliphatic heterocycles. The van der Waals surface area contributed by atoms with Crippen molar-refractivity contribution in [1.82, 2.24) is 10.6 Å². The number of hydrogen-bond donors (Lipinski definition) is 2. The van der Waals surface area contributed by atoms with Crippen LogP contribution in [-0.4, -0.2) is 30.5 Å². The van der Waals surface area contributed by atoms with Crippen molar-refractivity contribution < 1.29 is 0 Å². The minimum absolute atomic E-state index is 0.200. The van der Waals surface area contributed by atoms with Gasteiger partial charge in [0.25, 0.3) is 0 Å². The van der Waals surface area contributed by atoms with E-state index >= 15 is 0 Å². The fourth-order valence-corrected chi connectivity index (χ4v) is 2.27. The molecule has 66 valence electrons. The van der Waals surface area contributed by atoms with Gasteiger partial charge in [0.05, 0.1) is 6.17 Å². The molecule has 2 nitrogen and oxygen atoms in total. The standard InChI is InChI=1S/C8H20N2Si/c1-8(2,5-6-11)7(9-3)10-4/h5-7,9-10H,1-4,11H3. The molecule has 0 aromatic rings. The van der Waals surface area contributed by atoms with Gasteiger partial charge in [0, 0.05) is 15.7 Å². The summed E-state index contributed by atoms with van der Waals surface area (Å²) in [5, 5.41) is 6.46. The third kappa shape index (κ3) is 3.18. The Kier molecular flexibility index (Phi) is 4.64. The fourth-order valence-electron chi connectivity index (χ4n) is 1.41. The summed E-state index contributed by atoms with van der Waals surface area (Å²) in [6.07, 6.45) is 2.62. The van der Waals surface area contributed by atoms with Crippen LogP contribution in [-0.2, 0) is 0 Å². The van der Waals surface area contributed by atoms with Crippen LogP contribution in [0.15, 0.2) is 11.8 Å². The lowest BCUT2D eigenvalue weighted by Crippen LogP contribution is -2.48. The van der Waals surface area contributed by atoms with Gasteiger partial charge in [-0.25, -0.2) is 0 Å². The largest absolute Gasteiger partial charge is 0.304 e. The van der Waals surface area contributed by atoms with Crippen LogP contribution in [0.2, 0.25) is 0 Å². The van der Waals surface area contributed by atoms with Crippen LogP contribution < -0.4 is 10.6 Å². The van der Waals surface area contributed by atoms with Crippen molar-refractivity contribution in [2.24, 2.45) is 5.41 Å². The Labute approximate surface area is 72.9 Å². The van der Waals surface area contributed by atoms with Crippen molar-refractivity contribution in [3.8, 4) is 0 Å². The smallest absolute Gasteiger partial charge is 0.0654 e. The Morgan fingerprint density at radius 1 is 1.27 bits per heavy atom. The van der Waals surface area contributed by atoms with Gasteiger partial charge in [0.2, 0.25) is 0 Å². The predicted octanol–water partition coefficient (Wildman–Crippen LogP) is -0.343. The van der Waals surface area contributed by atoms with E-state index in [1.54, 1.807) is 0 Å². The van der Waals surface area contributed by atoms with Gasteiger partial charge >= 0.3 is 0 Å². The average molecular weight is 172 g/mol. The maximum Gasteiger partial charge on any atom is 0.0654 e. The zero-order chi connectivity index (χ0) is 8.91. The Hall–Kier alpha value is -0.123. The van der Waals surface area contributed by atoms with E-state index in [0.29, 0.717) is 6.17 Å². The van der Waals surface area contributed by atoms with Crippen molar-refractivity contribution in [2.75, 3.05) is 14.1 Å². The van der Waals surface area contributed by atoms with E-state index in [-0.39, 0.29) is 5.41 Å². The van der Waals surface area contributed by atoms with Crippen LogP contribution in [0.25, 0.3) is 0 Å². The van der Waals surface area contributed by atoms with Crippen LogP contribution in [0.5, 0.6) is 0 Å². The van der Waals surface area contributed by atoms with Gasteiger partial charge in [0.15, 0.2) is 0 Å². The highest BCUT2D eigenvalue weighted by Crippen LogP contribution is 2.19. The molecule has 0 aliphatic carbocycles. The van der Waals surface area contributed by atoms with Gasteiger partial charge in [-0.2, -0.15) is 0 Å². The van der Waals surface area contributed by atoms with E-state index in [1.807, 2.05) is 14.1 Å². The molecule has 0 amide bonds. The molecular weight excluding hydrogens is 152 g/mol. The highest BCUT2D eigenvalue weighted by atomic mass is 28.1. The summed E-state index contributed by atoms with van der Waals surface area (Å²) in [6.45, 7) is 4.44. The summed E-state index contributed by atoms with van der Waals surface area (Å²) in [5.41, 5.74) is 2.42. The van der Waals surface area contributed by atoms with Crippen LogP contribution in [0.4, 0.5) is 0 Å². The van der Waals surface area contributed by atoms with Crippen molar-refractivity contribution in [1.29, 1.82) is 0 Å². The third-order valence-corrected chi connectivity index (χ3v) is 2.25. The molecule has 0 saturated heterocycles. The molecule has 0 radical (unpaired) electrons. The monoisotopic (exact) mass is 172 g/mol. The zero-order valence-corrected chi connectivity index (χ0v) is 10.2. The van der Waals surface area contributed by atoms with Crippen molar-refractivity contribution >= 4 is 10.2 Å². The molecule has 11 heavy (non-hydrogen) atoms. The summed E-state index contributed by atoms with van der Waals surface area (Å²) in [4.78, 5) is 0. The van der Waals surface area contributed by atoms with Crippen molar-refractivity contribution in [3.05, 3.63) is 11.8 Å². The van der Waals surface area contributed by atoms with E-state index in [0.717, 1.165) is 10.2 Å². The second-order valence-electron chi connectivity index (χ2n) is 3.33. The highest BCUT2D eigenvalue weighted by molar-refractivity contribution is 6.17. The fraction of sp³-hybridized carbons (Fsp3) is 0.750. The normalized spacial score (nSPS) is 13.5. The lowest BCUT2D eigenvalue weighted by atomic mass is 9.90. The van der Waals surface area contributed by atoms with Gasteiger partial charge in [0.1, 0.15) is 0 Å². The Balaban J connectivity index is 4.23. The van der Waals surface area contributed by atoms with Gasteiger partial charge in [-0.3, -0.25) is 0 Å². The molecule has 0 aromatic carbocycles. The lowest BCUT2D eigenvalue weighted by molar-refractivity contribution is 0.289. The maximum atomic E-state index is 3.23. The maximum absolute atomic E-state index is 3.23. The Morgan fingerprint density at radius 2 is 1.73 bits per heavy atom. The first-order chi connectivity index (χ1) is 5.08. The molecule has 0 heterocycles. The second kappa shape index (κ2) is 4.69. The molecule has 3 heteroatoms. The molecule has 0 aliphatic rings. The van der Waals surface area contributed by atoms with Crippen LogP contribution in [0.3, 0.4) is 0 Å². The molecule has 0 saturated carbocycles. The van der Waals surface area contributed by atoms with Crippen LogP contribution >= 0.6 is 0 Å². The Morgan fingerprint density at radius 3 is 2.00 bits per heavy atom. The van der Waals surface area contributed by atoms with Crippen molar-refractivity contribution in [2.45, 2.75) is 20.0 Å². The molecule has 0 bridgehead atoms. The first-order valence-corrected chi connectivity index (χ1v) is 5.22. The number of rotatable bonds is 4. The summed E-state index contributed by atoms with van der Waals surface area (Å²) >= 11 is 0. The van der Waals surface area contributed by atoms with Gasteiger partial charge in [-0.15, -0.1) is 5.70 Å². The second-order valence-corrected chi connectivity index (χ2v) is 4.00. The predicted molar refractivity (Wildman–Crippen MR) is 54.8 cm³/mol.